The summed E-state index contributed by atoms with van der Waals surface area (Å²) >= 11 is 0. The molecule has 0 radical (unpaired) electrons. The van der Waals surface area contributed by atoms with Crippen LogP contribution in [0.1, 0.15) is 15.9 Å². The van der Waals surface area contributed by atoms with Crippen LogP contribution in [-0.4, -0.2) is 26.5 Å². The Kier molecular flexibility index (Phi) is 4.33. The van der Waals surface area contributed by atoms with Gasteiger partial charge in [0.05, 0.1) is 22.9 Å². The van der Waals surface area contributed by atoms with Crippen molar-refractivity contribution in [3.05, 3.63) is 59.4 Å². The van der Waals surface area contributed by atoms with Crippen molar-refractivity contribution in [1.82, 2.24) is 0 Å². The average Bonchev–Trinajstić information content (AvgIpc) is 2.53. The molecule has 6 nitrogen and oxygen atoms in total. The molecule has 0 unspecified atom stereocenters. The maximum absolute atomic E-state index is 13.9. The van der Waals surface area contributed by atoms with E-state index in [9.17, 15) is 17.6 Å². The lowest BCUT2D eigenvalue weighted by molar-refractivity contribution is 0.0697. The Hall–Kier alpha value is -2.92. The average molecular weight is 334 g/mol. The molecule has 0 aliphatic carbocycles. The van der Waals surface area contributed by atoms with E-state index in [1.165, 1.54) is 37.4 Å². The highest BCUT2D eigenvalue weighted by Gasteiger charge is 2.25. The number of carboxylic acids is 1. The van der Waals surface area contributed by atoms with E-state index in [1.54, 1.807) is 6.07 Å². The molecule has 0 spiro atoms. The minimum absolute atomic E-state index is 0.00380. The van der Waals surface area contributed by atoms with E-state index in [-0.39, 0.29) is 16.8 Å². The van der Waals surface area contributed by atoms with Gasteiger partial charge in [0, 0.05) is 7.05 Å². The van der Waals surface area contributed by atoms with Crippen LogP contribution in [0.5, 0.6) is 0 Å². The number of sulfonamides is 1. The summed E-state index contributed by atoms with van der Waals surface area (Å²) in [4.78, 5) is 10.2. The van der Waals surface area contributed by atoms with Crippen molar-refractivity contribution in [3.63, 3.8) is 0 Å². The van der Waals surface area contributed by atoms with Crippen molar-refractivity contribution in [2.45, 2.75) is 4.90 Å². The first-order chi connectivity index (χ1) is 10.8. The van der Waals surface area contributed by atoms with E-state index < -0.39 is 26.7 Å². The molecule has 8 heteroatoms. The fourth-order valence-electron chi connectivity index (χ4n) is 1.88. The minimum atomic E-state index is -4.18. The SMILES string of the molecule is CN(c1ccc(C(=O)O)cc1)S(=O)(=O)c1ccc(C#N)cc1F. The lowest BCUT2D eigenvalue weighted by Gasteiger charge is -2.20. The van der Waals surface area contributed by atoms with E-state index in [2.05, 4.69) is 0 Å². The van der Waals surface area contributed by atoms with Crippen molar-refractivity contribution in [3.8, 4) is 6.07 Å². The first-order valence-corrected chi connectivity index (χ1v) is 7.73. The van der Waals surface area contributed by atoms with E-state index in [0.717, 1.165) is 16.4 Å². The second kappa shape index (κ2) is 6.06. The van der Waals surface area contributed by atoms with Crippen molar-refractivity contribution >= 4 is 21.7 Å². The van der Waals surface area contributed by atoms with Gasteiger partial charge in [-0.2, -0.15) is 5.26 Å². The third kappa shape index (κ3) is 3.14. The summed E-state index contributed by atoms with van der Waals surface area (Å²) in [5.41, 5.74) is 0.192. The summed E-state index contributed by atoms with van der Waals surface area (Å²) in [7, 11) is -2.95. The molecule has 0 aliphatic heterocycles. The third-order valence-corrected chi connectivity index (χ3v) is 5.00. The molecule has 0 aliphatic rings. The molecule has 23 heavy (non-hydrogen) atoms. The molecule has 0 saturated carbocycles. The third-order valence-electron chi connectivity index (χ3n) is 3.18. The van der Waals surface area contributed by atoms with Crippen LogP contribution in [0.25, 0.3) is 0 Å². The maximum atomic E-state index is 13.9. The quantitative estimate of drug-likeness (QED) is 0.924. The van der Waals surface area contributed by atoms with Gasteiger partial charge in [0.1, 0.15) is 10.7 Å². The Morgan fingerprint density at radius 1 is 1.22 bits per heavy atom. The van der Waals surface area contributed by atoms with Gasteiger partial charge in [-0.25, -0.2) is 17.6 Å². The van der Waals surface area contributed by atoms with Gasteiger partial charge in [0.25, 0.3) is 10.0 Å². The molecular formula is C15H11FN2O4S. The van der Waals surface area contributed by atoms with Gasteiger partial charge in [-0.15, -0.1) is 0 Å². The van der Waals surface area contributed by atoms with E-state index in [0.29, 0.717) is 0 Å². The van der Waals surface area contributed by atoms with Gasteiger partial charge in [0.15, 0.2) is 0 Å². The Labute approximate surface area is 132 Å². The zero-order valence-electron chi connectivity index (χ0n) is 11.9. The predicted molar refractivity (Wildman–Crippen MR) is 80.1 cm³/mol. The van der Waals surface area contributed by atoms with Gasteiger partial charge in [0.2, 0.25) is 0 Å². The summed E-state index contributed by atoms with van der Waals surface area (Å²) in [6.45, 7) is 0. The van der Waals surface area contributed by atoms with Gasteiger partial charge < -0.3 is 5.11 Å². The van der Waals surface area contributed by atoms with Crippen LogP contribution in [0.3, 0.4) is 0 Å². The molecule has 0 heterocycles. The first-order valence-electron chi connectivity index (χ1n) is 6.29. The molecule has 0 amide bonds. The molecule has 118 valence electrons. The van der Waals surface area contributed by atoms with Crippen LogP contribution in [0.15, 0.2) is 47.4 Å². The van der Waals surface area contributed by atoms with Gasteiger partial charge in [-0.3, -0.25) is 4.31 Å². The number of hydrogen-bond donors (Lipinski definition) is 1. The highest BCUT2D eigenvalue weighted by Crippen LogP contribution is 2.24. The fourth-order valence-corrected chi connectivity index (χ4v) is 3.12. The zero-order valence-corrected chi connectivity index (χ0v) is 12.7. The number of hydrogen-bond acceptors (Lipinski definition) is 4. The molecule has 2 rings (SSSR count). The number of carbonyl (C=O) groups is 1. The predicted octanol–water partition coefficient (Wildman–Crippen LogP) is 2.22. The number of anilines is 1. The summed E-state index contributed by atoms with van der Waals surface area (Å²) in [5.74, 6) is -2.17. The molecule has 0 aromatic heterocycles. The topological polar surface area (TPSA) is 98.5 Å². The van der Waals surface area contributed by atoms with E-state index >= 15 is 0 Å². The van der Waals surface area contributed by atoms with E-state index in [4.69, 9.17) is 10.4 Å². The largest absolute Gasteiger partial charge is 0.478 e. The van der Waals surface area contributed by atoms with Crippen molar-refractivity contribution < 1.29 is 22.7 Å². The summed E-state index contributed by atoms with van der Waals surface area (Å²) in [5, 5.41) is 17.5. The van der Waals surface area contributed by atoms with Crippen LogP contribution < -0.4 is 4.31 Å². The number of aromatic carboxylic acids is 1. The Bertz CT molecular complexity index is 902. The van der Waals surface area contributed by atoms with Gasteiger partial charge in [-0.1, -0.05) is 0 Å². The van der Waals surface area contributed by atoms with E-state index in [1.807, 2.05) is 0 Å². The molecule has 1 N–H and O–H groups in total. The minimum Gasteiger partial charge on any atom is -0.478 e. The molecule has 0 saturated heterocycles. The summed E-state index contributed by atoms with van der Waals surface area (Å²) in [6, 6.07) is 9.90. The Morgan fingerprint density at radius 2 is 1.83 bits per heavy atom. The van der Waals surface area contributed by atoms with Crippen molar-refractivity contribution in [2.75, 3.05) is 11.4 Å². The Morgan fingerprint density at radius 3 is 2.30 bits per heavy atom. The van der Waals surface area contributed by atoms with Crippen LogP contribution >= 0.6 is 0 Å². The maximum Gasteiger partial charge on any atom is 0.335 e. The number of rotatable bonds is 4. The monoisotopic (exact) mass is 334 g/mol. The normalized spacial score (nSPS) is 10.8. The molecule has 2 aromatic rings. The second-order valence-electron chi connectivity index (χ2n) is 4.58. The van der Waals surface area contributed by atoms with Crippen molar-refractivity contribution in [1.29, 1.82) is 5.26 Å². The number of halogens is 1. The van der Waals surface area contributed by atoms with Crippen LogP contribution in [0, 0.1) is 17.1 Å². The standard InChI is InChI=1S/C15H11FN2O4S/c1-18(12-5-3-11(4-6-12)15(19)20)23(21,22)14-7-2-10(9-17)8-13(14)16/h2-8H,1H3,(H,19,20). The molecule has 0 fully saturated rings. The van der Waals surface area contributed by atoms with Crippen LogP contribution in [0.4, 0.5) is 10.1 Å². The lowest BCUT2D eigenvalue weighted by atomic mass is 10.2. The lowest BCUT2D eigenvalue weighted by Crippen LogP contribution is -2.27. The number of nitriles is 1. The van der Waals surface area contributed by atoms with Crippen molar-refractivity contribution in [2.24, 2.45) is 0 Å². The zero-order chi connectivity index (χ0) is 17.2. The summed E-state index contributed by atoms with van der Waals surface area (Å²) < 4.78 is 39.7. The number of benzene rings is 2. The highest BCUT2D eigenvalue weighted by molar-refractivity contribution is 7.92. The first kappa shape index (κ1) is 16.5. The molecule has 0 bridgehead atoms. The summed E-state index contributed by atoms with van der Waals surface area (Å²) in [6.07, 6.45) is 0. The molecular weight excluding hydrogens is 323 g/mol. The number of nitrogens with zero attached hydrogens (tertiary/aromatic N) is 2. The fraction of sp³-hybridized carbons (Fsp3) is 0.0667. The van der Waals surface area contributed by atoms with Crippen LogP contribution in [-0.2, 0) is 10.0 Å². The Balaban J connectivity index is 2.43. The second-order valence-corrected chi connectivity index (χ2v) is 6.52. The number of carboxylic acid groups (broad SMARTS) is 1. The molecule has 2 aromatic carbocycles. The molecule has 0 atom stereocenters. The van der Waals surface area contributed by atoms with Gasteiger partial charge in [-0.05, 0) is 42.5 Å². The van der Waals surface area contributed by atoms with Gasteiger partial charge >= 0.3 is 5.97 Å². The van der Waals surface area contributed by atoms with Crippen LogP contribution in [0.2, 0.25) is 0 Å². The highest BCUT2D eigenvalue weighted by atomic mass is 32.2. The smallest absolute Gasteiger partial charge is 0.335 e.